The minimum absolute atomic E-state index is 0.153. The fourth-order valence-corrected chi connectivity index (χ4v) is 3.61. The molecule has 4 rings (SSSR count). The number of hydrogen-bond acceptors (Lipinski definition) is 4. The Balaban J connectivity index is 1.40. The number of nitrogens with zero attached hydrogens (tertiary/aromatic N) is 2. The summed E-state index contributed by atoms with van der Waals surface area (Å²) in [6.07, 6.45) is 6.81. The molecule has 1 aromatic heterocycles. The van der Waals surface area contributed by atoms with Crippen LogP contribution in [0.5, 0.6) is 5.75 Å². The number of aromatic nitrogens is 2. The lowest BCUT2D eigenvalue weighted by molar-refractivity contribution is -0.184. The monoisotopic (exact) mass is 432 g/mol. The molecule has 0 radical (unpaired) electrons. The maximum Gasteiger partial charge on any atom is 0.187 e. The number of hydrogen-bond donors (Lipinski definition) is 0. The SMILES string of the molecule is Clc1ccc(CCC2(Cn3ccnc3)OCC(COc3ccc(Cl)cc3)O2)cc1. The maximum absolute atomic E-state index is 6.37. The summed E-state index contributed by atoms with van der Waals surface area (Å²) in [5.41, 5.74) is 1.19. The lowest BCUT2D eigenvalue weighted by Gasteiger charge is -2.28. The Hall–Kier alpha value is -2.05. The standard InChI is InChI=1S/C22H22Cl2N2O3/c23-18-3-1-17(2-4-18)9-10-22(15-26-12-11-25-16-26)28-14-21(29-22)13-27-20-7-5-19(24)6-8-20/h1-8,11-12,16,21H,9-10,13-15H2. The highest BCUT2D eigenvalue weighted by atomic mass is 35.5. The van der Waals surface area contributed by atoms with Crippen LogP contribution in [-0.4, -0.2) is 34.7 Å². The molecule has 1 fully saturated rings. The Morgan fingerprint density at radius 3 is 2.48 bits per heavy atom. The summed E-state index contributed by atoms with van der Waals surface area (Å²) in [5.74, 6) is 0.0280. The molecule has 0 N–H and O–H groups in total. The predicted octanol–water partition coefficient (Wildman–Crippen LogP) is 5.01. The Morgan fingerprint density at radius 2 is 1.79 bits per heavy atom. The summed E-state index contributed by atoms with van der Waals surface area (Å²) in [4.78, 5) is 4.13. The highest BCUT2D eigenvalue weighted by Crippen LogP contribution is 2.31. The quantitative estimate of drug-likeness (QED) is 0.501. The predicted molar refractivity (Wildman–Crippen MR) is 113 cm³/mol. The van der Waals surface area contributed by atoms with Crippen LogP contribution >= 0.6 is 23.2 Å². The Labute approximate surface area is 180 Å². The number of imidazole rings is 1. The van der Waals surface area contributed by atoms with Crippen LogP contribution in [0.2, 0.25) is 10.0 Å². The van der Waals surface area contributed by atoms with Gasteiger partial charge in [-0.3, -0.25) is 0 Å². The van der Waals surface area contributed by atoms with Gasteiger partial charge in [0.25, 0.3) is 0 Å². The van der Waals surface area contributed by atoms with E-state index < -0.39 is 5.79 Å². The summed E-state index contributed by atoms with van der Waals surface area (Å²) in [6.45, 7) is 1.45. The smallest absolute Gasteiger partial charge is 0.187 e. The van der Waals surface area contributed by atoms with Gasteiger partial charge in [-0.15, -0.1) is 0 Å². The van der Waals surface area contributed by atoms with E-state index in [1.54, 1.807) is 24.7 Å². The van der Waals surface area contributed by atoms with E-state index >= 15 is 0 Å². The van der Waals surface area contributed by atoms with Crippen molar-refractivity contribution >= 4 is 23.2 Å². The minimum Gasteiger partial charge on any atom is -0.491 e. The molecular formula is C22H22Cl2N2O3. The first-order valence-electron chi connectivity index (χ1n) is 9.51. The molecule has 1 aliphatic heterocycles. The molecule has 2 heterocycles. The Kier molecular flexibility index (Phi) is 6.40. The van der Waals surface area contributed by atoms with Crippen LogP contribution in [-0.2, 0) is 22.4 Å². The van der Waals surface area contributed by atoms with E-state index in [-0.39, 0.29) is 6.10 Å². The topological polar surface area (TPSA) is 45.5 Å². The summed E-state index contributed by atoms with van der Waals surface area (Å²) >= 11 is 11.9. The Bertz CT molecular complexity index is 901. The normalized spacial score (nSPS) is 21.4. The van der Waals surface area contributed by atoms with Gasteiger partial charge in [-0.1, -0.05) is 35.3 Å². The van der Waals surface area contributed by atoms with Gasteiger partial charge in [0, 0.05) is 28.9 Å². The largest absolute Gasteiger partial charge is 0.491 e. The van der Waals surface area contributed by atoms with Gasteiger partial charge in [-0.25, -0.2) is 4.98 Å². The molecule has 0 saturated carbocycles. The molecule has 0 aliphatic carbocycles. The third kappa shape index (κ3) is 5.52. The van der Waals surface area contributed by atoms with Gasteiger partial charge in [-0.2, -0.15) is 0 Å². The van der Waals surface area contributed by atoms with E-state index in [2.05, 4.69) is 4.98 Å². The lowest BCUT2D eigenvalue weighted by Crippen LogP contribution is -2.37. The molecule has 29 heavy (non-hydrogen) atoms. The van der Waals surface area contributed by atoms with Gasteiger partial charge in [-0.05, 0) is 48.4 Å². The minimum atomic E-state index is -0.728. The zero-order valence-electron chi connectivity index (χ0n) is 15.8. The summed E-state index contributed by atoms with van der Waals surface area (Å²) in [5, 5.41) is 1.41. The van der Waals surface area contributed by atoms with Crippen molar-refractivity contribution in [2.45, 2.75) is 31.3 Å². The first kappa shape index (κ1) is 20.2. The molecule has 2 unspecified atom stereocenters. The second kappa shape index (κ2) is 9.18. The molecule has 152 valence electrons. The van der Waals surface area contributed by atoms with Crippen LogP contribution in [0.3, 0.4) is 0 Å². The average Bonchev–Trinajstić information content (AvgIpc) is 3.38. The molecule has 0 spiro atoms. The van der Waals surface area contributed by atoms with E-state index in [4.69, 9.17) is 37.4 Å². The third-order valence-corrected chi connectivity index (χ3v) is 5.36. The fraction of sp³-hybridized carbons (Fsp3) is 0.318. The van der Waals surface area contributed by atoms with Gasteiger partial charge in [0.05, 0.1) is 19.5 Å². The zero-order valence-corrected chi connectivity index (χ0v) is 17.4. The molecule has 1 saturated heterocycles. The molecule has 2 atom stereocenters. The molecule has 2 aromatic carbocycles. The van der Waals surface area contributed by atoms with Crippen molar-refractivity contribution in [2.24, 2.45) is 0 Å². The lowest BCUT2D eigenvalue weighted by atomic mass is 10.0. The summed E-state index contributed by atoms with van der Waals surface area (Å²) in [7, 11) is 0. The van der Waals surface area contributed by atoms with Crippen LogP contribution in [0.25, 0.3) is 0 Å². The maximum atomic E-state index is 6.37. The molecule has 7 heteroatoms. The highest BCUT2D eigenvalue weighted by Gasteiger charge is 2.42. The molecule has 0 bridgehead atoms. The van der Waals surface area contributed by atoms with E-state index in [1.807, 2.05) is 47.2 Å². The van der Waals surface area contributed by atoms with E-state index in [9.17, 15) is 0 Å². The third-order valence-electron chi connectivity index (χ3n) is 4.85. The number of ether oxygens (including phenoxy) is 3. The second-order valence-electron chi connectivity index (χ2n) is 7.09. The zero-order chi connectivity index (χ0) is 20.1. The van der Waals surface area contributed by atoms with Crippen molar-refractivity contribution in [1.29, 1.82) is 0 Å². The second-order valence-corrected chi connectivity index (χ2v) is 7.96. The number of aryl methyl sites for hydroxylation is 1. The number of rotatable bonds is 8. The number of benzene rings is 2. The van der Waals surface area contributed by atoms with Crippen LogP contribution in [0.4, 0.5) is 0 Å². The van der Waals surface area contributed by atoms with Gasteiger partial charge >= 0.3 is 0 Å². The van der Waals surface area contributed by atoms with Crippen LogP contribution in [0.1, 0.15) is 12.0 Å². The molecule has 1 aliphatic rings. The molecular weight excluding hydrogens is 411 g/mol. The van der Waals surface area contributed by atoms with Crippen molar-refractivity contribution in [3.8, 4) is 5.75 Å². The van der Waals surface area contributed by atoms with Crippen molar-refractivity contribution in [1.82, 2.24) is 9.55 Å². The molecule has 0 amide bonds. The Morgan fingerprint density at radius 1 is 1.07 bits per heavy atom. The van der Waals surface area contributed by atoms with Crippen molar-refractivity contribution in [2.75, 3.05) is 13.2 Å². The van der Waals surface area contributed by atoms with Crippen molar-refractivity contribution < 1.29 is 14.2 Å². The van der Waals surface area contributed by atoms with Crippen molar-refractivity contribution in [3.63, 3.8) is 0 Å². The van der Waals surface area contributed by atoms with Crippen LogP contribution in [0, 0.1) is 0 Å². The first-order chi connectivity index (χ1) is 14.1. The first-order valence-corrected chi connectivity index (χ1v) is 10.3. The summed E-state index contributed by atoms with van der Waals surface area (Å²) < 4.78 is 20.4. The average molecular weight is 433 g/mol. The van der Waals surface area contributed by atoms with Gasteiger partial charge in [0.2, 0.25) is 0 Å². The van der Waals surface area contributed by atoms with E-state index in [0.29, 0.717) is 31.2 Å². The van der Waals surface area contributed by atoms with Gasteiger partial charge in [0.1, 0.15) is 18.5 Å². The molecule has 5 nitrogen and oxygen atoms in total. The van der Waals surface area contributed by atoms with Crippen LogP contribution < -0.4 is 4.74 Å². The van der Waals surface area contributed by atoms with Gasteiger partial charge < -0.3 is 18.8 Å². The molecule has 3 aromatic rings. The summed E-state index contributed by atoms with van der Waals surface area (Å²) in [6, 6.07) is 15.2. The van der Waals surface area contributed by atoms with Crippen LogP contribution in [0.15, 0.2) is 67.3 Å². The van der Waals surface area contributed by atoms with E-state index in [0.717, 1.165) is 17.2 Å². The van der Waals surface area contributed by atoms with E-state index in [1.165, 1.54) is 5.56 Å². The number of halogens is 2. The highest BCUT2D eigenvalue weighted by molar-refractivity contribution is 6.30. The fourth-order valence-electron chi connectivity index (χ4n) is 3.36. The van der Waals surface area contributed by atoms with Gasteiger partial charge in [0.15, 0.2) is 5.79 Å². The van der Waals surface area contributed by atoms with Crippen molar-refractivity contribution in [3.05, 3.63) is 82.9 Å².